The molecule has 6 heteroatoms. The van der Waals surface area contributed by atoms with Gasteiger partial charge in [0.15, 0.2) is 0 Å². The molecule has 0 spiro atoms. The average molecular weight is 467 g/mol. The number of anilines is 2. The molecule has 0 bridgehead atoms. The normalized spacial score (nSPS) is 11.6. The predicted octanol–water partition coefficient (Wildman–Crippen LogP) is 7.25. The van der Waals surface area contributed by atoms with Crippen molar-refractivity contribution in [3.63, 3.8) is 0 Å². The topological polar surface area (TPSA) is 58.2 Å². The van der Waals surface area contributed by atoms with Crippen LogP contribution in [0.5, 0.6) is 0 Å². The van der Waals surface area contributed by atoms with Gasteiger partial charge in [0.2, 0.25) is 11.8 Å². The fraction of sp³-hybridized carbons (Fsp3) is 0.231. The summed E-state index contributed by atoms with van der Waals surface area (Å²) >= 11 is 7.66. The molecule has 32 heavy (non-hydrogen) atoms. The van der Waals surface area contributed by atoms with Gasteiger partial charge in [-0.2, -0.15) is 0 Å². The number of carbonyl (C=O) groups is 2. The first kappa shape index (κ1) is 23.9. The number of hydrogen-bond acceptors (Lipinski definition) is 3. The second-order valence-corrected chi connectivity index (χ2v) is 9.13. The van der Waals surface area contributed by atoms with Crippen molar-refractivity contribution in [1.82, 2.24) is 0 Å². The Morgan fingerprint density at radius 3 is 2.41 bits per heavy atom. The van der Waals surface area contributed by atoms with Crippen LogP contribution in [0.2, 0.25) is 5.02 Å². The highest BCUT2D eigenvalue weighted by atomic mass is 35.5. The van der Waals surface area contributed by atoms with Gasteiger partial charge in [0.05, 0.1) is 0 Å². The van der Waals surface area contributed by atoms with E-state index in [0.29, 0.717) is 17.1 Å². The van der Waals surface area contributed by atoms with Crippen LogP contribution in [-0.2, 0) is 9.59 Å². The van der Waals surface area contributed by atoms with E-state index in [1.165, 1.54) is 11.8 Å². The molecule has 2 amide bonds. The minimum atomic E-state index is -0.470. The zero-order chi connectivity index (χ0) is 22.9. The van der Waals surface area contributed by atoms with Crippen molar-refractivity contribution < 1.29 is 9.59 Å². The summed E-state index contributed by atoms with van der Waals surface area (Å²) in [6.07, 6.45) is 2.34. The molecule has 4 nitrogen and oxygen atoms in total. The van der Waals surface area contributed by atoms with Crippen LogP contribution in [0.25, 0.3) is 0 Å². The van der Waals surface area contributed by atoms with Crippen LogP contribution in [-0.4, -0.2) is 11.8 Å². The average Bonchev–Trinajstić information content (AvgIpc) is 2.79. The fourth-order valence-corrected chi connectivity index (χ4v) is 4.39. The van der Waals surface area contributed by atoms with E-state index in [1.54, 1.807) is 6.07 Å². The third-order valence-corrected chi connectivity index (χ3v) is 6.56. The first-order valence-corrected chi connectivity index (χ1v) is 11.9. The number of carbonyl (C=O) groups excluding carboxylic acids is 2. The van der Waals surface area contributed by atoms with E-state index in [1.807, 2.05) is 73.7 Å². The Hall–Kier alpha value is -2.76. The van der Waals surface area contributed by atoms with E-state index >= 15 is 0 Å². The van der Waals surface area contributed by atoms with E-state index < -0.39 is 5.25 Å². The summed E-state index contributed by atoms with van der Waals surface area (Å²) in [6.45, 7) is 3.98. The standard InChI is InChI=1S/C26H27ClN2O2S/c1-3-4-13-24(30)28-20-11-8-12-22(16-20)32-25(19-9-6-5-7-10-19)26(31)29-21-15-14-18(2)23(27)17-21/h5-12,14-17,25H,3-4,13H2,1-2H3,(H,28,30)(H,29,31). The summed E-state index contributed by atoms with van der Waals surface area (Å²) in [5.74, 6) is -0.138. The summed E-state index contributed by atoms with van der Waals surface area (Å²) < 4.78 is 0. The molecule has 0 saturated heterocycles. The van der Waals surface area contributed by atoms with E-state index in [2.05, 4.69) is 17.6 Å². The van der Waals surface area contributed by atoms with Crippen molar-refractivity contribution in [2.24, 2.45) is 0 Å². The van der Waals surface area contributed by atoms with Gasteiger partial charge in [-0.15, -0.1) is 11.8 Å². The fourth-order valence-electron chi connectivity index (χ4n) is 3.12. The first-order chi connectivity index (χ1) is 15.5. The molecule has 0 heterocycles. The van der Waals surface area contributed by atoms with Crippen molar-refractivity contribution >= 4 is 46.6 Å². The summed E-state index contributed by atoms with van der Waals surface area (Å²) in [5.41, 5.74) is 3.24. The van der Waals surface area contributed by atoms with Gasteiger partial charge in [0.25, 0.3) is 0 Å². The minimum absolute atomic E-state index is 0.00241. The molecule has 3 rings (SSSR count). The Balaban J connectivity index is 1.79. The zero-order valence-electron chi connectivity index (χ0n) is 18.2. The van der Waals surface area contributed by atoms with E-state index in [9.17, 15) is 9.59 Å². The van der Waals surface area contributed by atoms with E-state index in [0.717, 1.165) is 34.6 Å². The lowest BCUT2D eigenvalue weighted by atomic mass is 10.1. The maximum Gasteiger partial charge on any atom is 0.242 e. The molecule has 0 aromatic heterocycles. The quantitative estimate of drug-likeness (QED) is 0.326. The van der Waals surface area contributed by atoms with Gasteiger partial charge in [0.1, 0.15) is 5.25 Å². The number of benzene rings is 3. The van der Waals surface area contributed by atoms with Crippen LogP contribution >= 0.6 is 23.4 Å². The highest BCUT2D eigenvalue weighted by Gasteiger charge is 2.22. The van der Waals surface area contributed by atoms with Crippen LogP contribution in [0.1, 0.15) is 42.6 Å². The highest BCUT2D eigenvalue weighted by molar-refractivity contribution is 8.00. The smallest absolute Gasteiger partial charge is 0.242 e. The second kappa shape index (κ2) is 11.7. The third-order valence-electron chi connectivity index (χ3n) is 4.91. The Bertz CT molecular complexity index is 1070. The van der Waals surface area contributed by atoms with Crippen LogP contribution in [0.3, 0.4) is 0 Å². The molecular weight excluding hydrogens is 440 g/mol. The lowest BCUT2D eigenvalue weighted by molar-refractivity contribution is -0.116. The lowest BCUT2D eigenvalue weighted by Gasteiger charge is -2.18. The van der Waals surface area contributed by atoms with Crippen LogP contribution in [0.4, 0.5) is 11.4 Å². The van der Waals surface area contributed by atoms with Crippen LogP contribution in [0, 0.1) is 6.92 Å². The summed E-state index contributed by atoms with van der Waals surface area (Å²) in [6, 6.07) is 22.7. The molecule has 0 saturated carbocycles. The molecule has 0 fully saturated rings. The number of aryl methyl sites for hydroxylation is 1. The molecule has 1 unspecified atom stereocenters. The summed E-state index contributed by atoms with van der Waals surface area (Å²) in [4.78, 5) is 26.2. The summed E-state index contributed by atoms with van der Waals surface area (Å²) in [5, 5.41) is 6.07. The van der Waals surface area contributed by atoms with Gasteiger partial charge in [-0.05, 0) is 54.8 Å². The minimum Gasteiger partial charge on any atom is -0.326 e. The predicted molar refractivity (Wildman–Crippen MR) is 134 cm³/mol. The molecule has 2 N–H and O–H groups in total. The van der Waals surface area contributed by atoms with Crippen molar-refractivity contribution in [3.8, 4) is 0 Å². The van der Waals surface area contributed by atoms with Gasteiger partial charge in [-0.1, -0.05) is 67.4 Å². The van der Waals surface area contributed by atoms with Crippen molar-refractivity contribution in [2.45, 2.75) is 43.3 Å². The number of halogens is 1. The number of nitrogens with one attached hydrogen (secondary N) is 2. The number of unbranched alkanes of at least 4 members (excludes halogenated alkanes) is 1. The van der Waals surface area contributed by atoms with Crippen molar-refractivity contribution in [3.05, 3.63) is 88.9 Å². The number of hydrogen-bond donors (Lipinski definition) is 2. The van der Waals surface area contributed by atoms with Gasteiger partial charge < -0.3 is 10.6 Å². The molecule has 3 aromatic rings. The Morgan fingerprint density at radius 2 is 1.69 bits per heavy atom. The van der Waals surface area contributed by atoms with Gasteiger partial charge in [0, 0.05) is 27.7 Å². The van der Waals surface area contributed by atoms with E-state index in [-0.39, 0.29) is 11.8 Å². The maximum atomic E-state index is 13.2. The van der Waals surface area contributed by atoms with Crippen molar-refractivity contribution in [2.75, 3.05) is 10.6 Å². The number of rotatable bonds is 9. The van der Waals surface area contributed by atoms with E-state index in [4.69, 9.17) is 11.6 Å². The van der Waals surface area contributed by atoms with Gasteiger partial charge in [-0.3, -0.25) is 9.59 Å². The monoisotopic (exact) mass is 466 g/mol. The zero-order valence-corrected chi connectivity index (χ0v) is 19.8. The number of amides is 2. The highest BCUT2D eigenvalue weighted by Crippen LogP contribution is 2.37. The molecule has 0 aliphatic carbocycles. The Kier molecular flexibility index (Phi) is 8.77. The lowest BCUT2D eigenvalue weighted by Crippen LogP contribution is -2.19. The number of thioether (sulfide) groups is 1. The molecular formula is C26H27ClN2O2S. The van der Waals surface area contributed by atoms with Crippen LogP contribution < -0.4 is 10.6 Å². The summed E-state index contributed by atoms with van der Waals surface area (Å²) in [7, 11) is 0. The van der Waals surface area contributed by atoms with Gasteiger partial charge in [-0.25, -0.2) is 0 Å². The third kappa shape index (κ3) is 6.87. The Morgan fingerprint density at radius 1 is 0.938 bits per heavy atom. The molecule has 0 aliphatic rings. The molecule has 3 aromatic carbocycles. The Labute approximate surface area is 198 Å². The van der Waals surface area contributed by atoms with Crippen molar-refractivity contribution in [1.29, 1.82) is 0 Å². The first-order valence-electron chi connectivity index (χ1n) is 10.6. The van der Waals surface area contributed by atoms with Crippen LogP contribution in [0.15, 0.2) is 77.7 Å². The maximum absolute atomic E-state index is 13.2. The van der Waals surface area contributed by atoms with Gasteiger partial charge >= 0.3 is 0 Å². The second-order valence-electron chi connectivity index (χ2n) is 7.54. The largest absolute Gasteiger partial charge is 0.326 e. The molecule has 0 radical (unpaired) electrons. The molecule has 166 valence electrons. The molecule has 0 aliphatic heterocycles. The SMILES string of the molecule is CCCCC(=O)Nc1cccc(SC(C(=O)Nc2ccc(C)c(Cl)c2)c2ccccc2)c1. The molecule has 1 atom stereocenters.